The summed E-state index contributed by atoms with van der Waals surface area (Å²) in [5.74, 6) is -1.92. The minimum absolute atomic E-state index is 0.0828. The molecule has 0 bridgehead atoms. The highest BCUT2D eigenvalue weighted by molar-refractivity contribution is 9.11. The summed E-state index contributed by atoms with van der Waals surface area (Å²) >= 11 is 6.02. The molecule has 0 aliphatic carbocycles. The maximum absolute atomic E-state index is 13.2. The number of hydrogen-bond donors (Lipinski definition) is 1. The van der Waals surface area contributed by atoms with E-state index in [1.165, 1.54) is 7.11 Å². The maximum atomic E-state index is 13.2. The first-order chi connectivity index (χ1) is 6.49. The number of benzene rings is 1. The number of rotatable bonds is 2. The van der Waals surface area contributed by atoms with E-state index in [0.29, 0.717) is 4.47 Å². The maximum Gasteiger partial charge on any atom is 0.339 e. The molecule has 0 amide bonds. The lowest BCUT2D eigenvalue weighted by Crippen LogP contribution is -2.03. The third kappa shape index (κ3) is 1.90. The number of halogens is 3. The zero-order valence-electron chi connectivity index (χ0n) is 6.97. The second kappa shape index (κ2) is 4.27. The van der Waals surface area contributed by atoms with Gasteiger partial charge in [-0.2, -0.15) is 0 Å². The fourth-order valence-electron chi connectivity index (χ4n) is 0.955. The van der Waals surface area contributed by atoms with Crippen LogP contribution < -0.4 is 4.74 Å². The Morgan fingerprint density at radius 3 is 2.57 bits per heavy atom. The van der Waals surface area contributed by atoms with Crippen molar-refractivity contribution >= 4 is 37.8 Å². The highest BCUT2D eigenvalue weighted by atomic mass is 79.9. The Kier molecular flexibility index (Phi) is 3.49. The van der Waals surface area contributed by atoms with Crippen molar-refractivity contribution in [3.05, 3.63) is 26.4 Å². The Morgan fingerprint density at radius 2 is 2.14 bits per heavy atom. The molecule has 1 aromatic carbocycles. The van der Waals surface area contributed by atoms with Gasteiger partial charge in [0.15, 0.2) is 0 Å². The van der Waals surface area contributed by atoms with Gasteiger partial charge >= 0.3 is 5.97 Å². The molecular weight excluding hydrogens is 323 g/mol. The molecule has 1 N–H and O–H groups in total. The molecule has 1 rings (SSSR count). The smallest absolute Gasteiger partial charge is 0.339 e. The van der Waals surface area contributed by atoms with Crippen molar-refractivity contribution < 1.29 is 19.0 Å². The summed E-state index contributed by atoms with van der Waals surface area (Å²) in [7, 11) is 1.37. The monoisotopic (exact) mass is 326 g/mol. The predicted octanol–water partition coefficient (Wildman–Crippen LogP) is 3.06. The van der Waals surface area contributed by atoms with Crippen LogP contribution in [0.25, 0.3) is 0 Å². The lowest BCUT2D eigenvalue weighted by molar-refractivity contribution is 0.0690. The van der Waals surface area contributed by atoms with Crippen molar-refractivity contribution in [2.75, 3.05) is 7.11 Å². The standard InChI is InChI=1S/C8H5Br2FO3/c1-14-7-3(9)2-4(11)5(6(7)10)8(12)13/h2H,1H3,(H,12,13). The zero-order valence-corrected chi connectivity index (χ0v) is 10.1. The Morgan fingerprint density at radius 1 is 1.57 bits per heavy atom. The van der Waals surface area contributed by atoms with Crippen LogP contribution in [0.4, 0.5) is 4.39 Å². The molecule has 0 saturated carbocycles. The number of carboxylic acids is 1. The van der Waals surface area contributed by atoms with E-state index >= 15 is 0 Å². The van der Waals surface area contributed by atoms with E-state index in [9.17, 15) is 9.18 Å². The van der Waals surface area contributed by atoms with Crippen LogP contribution in [0.15, 0.2) is 15.0 Å². The average Bonchev–Trinajstić information content (AvgIpc) is 2.02. The fraction of sp³-hybridized carbons (Fsp3) is 0.125. The molecule has 6 heteroatoms. The summed E-state index contributed by atoms with van der Waals surface area (Å²) < 4.78 is 18.5. The fourth-order valence-corrected chi connectivity index (χ4v) is 2.52. The van der Waals surface area contributed by atoms with Crippen LogP contribution in [0, 0.1) is 5.82 Å². The van der Waals surface area contributed by atoms with Gasteiger partial charge in [0, 0.05) is 0 Å². The van der Waals surface area contributed by atoms with Gasteiger partial charge < -0.3 is 9.84 Å². The number of ether oxygens (including phenoxy) is 1. The number of carboxylic acid groups (broad SMARTS) is 1. The number of hydrogen-bond acceptors (Lipinski definition) is 2. The first-order valence-electron chi connectivity index (χ1n) is 3.43. The molecule has 0 unspecified atom stereocenters. The van der Waals surface area contributed by atoms with Gasteiger partial charge in [-0.25, -0.2) is 9.18 Å². The summed E-state index contributed by atoms with van der Waals surface area (Å²) in [6.45, 7) is 0. The Hall–Kier alpha value is -0.620. The van der Waals surface area contributed by atoms with Gasteiger partial charge in [0.2, 0.25) is 0 Å². The van der Waals surface area contributed by atoms with E-state index < -0.39 is 17.3 Å². The van der Waals surface area contributed by atoms with Crippen molar-refractivity contribution in [3.63, 3.8) is 0 Å². The SMILES string of the molecule is COc1c(Br)cc(F)c(C(=O)O)c1Br. The van der Waals surface area contributed by atoms with Crippen LogP contribution in [-0.4, -0.2) is 18.2 Å². The molecule has 0 atom stereocenters. The first-order valence-corrected chi connectivity index (χ1v) is 5.02. The molecule has 0 aromatic heterocycles. The van der Waals surface area contributed by atoms with Gasteiger partial charge in [0.05, 0.1) is 16.1 Å². The Bertz CT molecular complexity index is 393. The highest BCUT2D eigenvalue weighted by Gasteiger charge is 2.20. The largest absolute Gasteiger partial charge is 0.494 e. The summed E-state index contributed by atoms with van der Waals surface area (Å²) in [6, 6.07) is 1.05. The average molecular weight is 328 g/mol. The van der Waals surface area contributed by atoms with Gasteiger partial charge in [0.1, 0.15) is 17.1 Å². The molecule has 0 heterocycles. The molecule has 3 nitrogen and oxygen atoms in total. The highest BCUT2D eigenvalue weighted by Crippen LogP contribution is 2.37. The van der Waals surface area contributed by atoms with Crippen molar-refractivity contribution in [1.82, 2.24) is 0 Å². The molecule has 14 heavy (non-hydrogen) atoms. The molecule has 0 saturated heterocycles. The molecule has 0 aliphatic heterocycles. The molecule has 0 fully saturated rings. The zero-order chi connectivity index (χ0) is 10.9. The van der Waals surface area contributed by atoms with Crippen molar-refractivity contribution in [2.45, 2.75) is 0 Å². The van der Waals surface area contributed by atoms with Crippen molar-refractivity contribution in [1.29, 1.82) is 0 Å². The van der Waals surface area contributed by atoms with E-state index in [1.54, 1.807) is 0 Å². The van der Waals surface area contributed by atoms with Crippen molar-refractivity contribution in [2.24, 2.45) is 0 Å². The number of aromatic carboxylic acids is 1. The third-order valence-electron chi connectivity index (χ3n) is 1.55. The van der Waals surface area contributed by atoms with E-state index in [1.807, 2.05) is 0 Å². The van der Waals surface area contributed by atoms with Gasteiger partial charge in [-0.3, -0.25) is 0 Å². The summed E-state index contributed by atoms with van der Waals surface area (Å²) in [4.78, 5) is 10.7. The number of carbonyl (C=O) groups is 1. The minimum atomic E-state index is -1.35. The summed E-state index contributed by atoms with van der Waals surface area (Å²) in [5, 5.41) is 8.72. The number of methoxy groups -OCH3 is 1. The lowest BCUT2D eigenvalue weighted by atomic mass is 10.2. The van der Waals surface area contributed by atoms with E-state index in [2.05, 4.69) is 31.9 Å². The third-order valence-corrected chi connectivity index (χ3v) is 2.89. The molecule has 0 radical (unpaired) electrons. The van der Waals surface area contributed by atoms with Crippen LogP contribution in [0.5, 0.6) is 5.75 Å². The van der Waals surface area contributed by atoms with Crippen LogP contribution in [-0.2, 0) is 0 Å². The van der Waals surface area contributed by atoms with Gasteiger partial charge in [-0.05, 0) is 37.9 Å². The van der Waals surface area contributed by atoms with E-state index in [0.717, 1.165) is 6.07 Å². The van der Waals surface area contributed by atoms with Gasteiger partial charge in [-0.15, -0.1) is 0 Å². The van der Waals surface area contributed by atoms with Crippen molar-refractivity contribution in [3.8, 4) is 5.75 Å². The molecular formula is C8H5Br2FO3. The van der Waals surface area contributed by atoms with Gasteiger partial charge in [0.25, 0.3) is 0 Å². The van der Waals surface area contributed by atoms with Crippen LogP contribution >= 0.6 is 31.9 Å². The summed E-state index contributed by atoms with van der Waals surface area (Å²) in [5.41, 5.74) is -0.440. The van der Waals surface area contributed by atoms with Crippen LogP contribution in [0.3, 0.4) is 0 Å². The molecule has 76 valence electrons. The topological polar surface area (TPSA) is 46.5 Å². The molecule has 1 aromatic rings. The second-order valence-electron chi connectivity index (χ2n) is 2.37. The van der Waals surface area contributed by atoms with Crippen LogP contribution in [0.2, 0.25) is 0 Å². The van der Waals surface area contributed by atoms with E-state index in [4.69, 9.17) is 9.84 Å². The molecule has 0 aliphatic rings. The Labute approximate surface area is 96.1 Å². The molecule has 0 spiro atoms. The predicted molar refractivity (Wildman–Crippen MR) is 55.3 cm³/mol. The lowest BCUT2D eigenvalue weighted by Gasteiger charge is -2.09. The normalized spacial score (nSPS) is 10.0. The van der Waals surface area contributed by atoms with E-state index in [-0.39, 0.29) is 10.2 Å². The van der Waals surface area contributed by atoms with Gasteiger partial charge in [-0.1, -0.05) is 0 Å². The van der Waals surface area contributed by atoms with Crippen LogP contribution in [0.1, 0.15) is 10.4 Å². The Balaban J connectivity index is 3.52. The minimum Gasteiger partial charge on any atom is -0.494 e. The summed E-state index contributed by atoms with van der Waals surface area (Å²) in [6.07, 6.45) is 0. The first kappa shape index (κ1) is 11.5. The second-order valence-corrected chi connectivity index (χ2v) is 4.01. The quantitative estimate of drug-likeness (QED) is 0.908.